The van der Waals surface area contributed by atoms with Crippen LogP contribution in [0.5, 0.6) is 11.5 Å². The average Bonchev–Trinajstić information content (AvgIpc) is 2.47. The van der Waals surface area contributed by atoms with E-state index >= 15 is 0 Å². The van der Waals surface area contributed by atoms with Crippen LogP contribution >= 0.6 is 11.6 Å². The highest BCUT2D eigenvalue weighted by atomic mass is 35.5. The number of aliphatic hydroxyl groups excluding tert-OH is 1. The lowest BCUT2D eigenvalue weighted by Crippen LogP contribution is -2.12. The van der Waals surface area contributed by atoms with E-state index in [1.807, 2.05) is 42.5 Å². The van der Waals surface area contributed by atoms with E-state index in [0.29, 0.717) is 5.02 Å². The van der Waals surface area contributed by atoms with Crippen LogP contribution in [0.4, 0.5) is 0 Å². The molecule has 0 fully saturated rings. The zero-order chi connectivity index (χ0) is 14.4. The van der Waals surface area contributed by atoms with Gasteiger partial charge in [-0.15, -0.1) is 0 Å². The van der Waals surface area contributed by atoms with Crippen molar-refractivity contribution in [3.63, 3.8) is 0 Å². The molecule has 0 aliphatic carbocycles. The van der Waals surface area contributed by atoms with Crippen LogP contribution in [0.3, 0.4) is 0 Å². The van der Waals surface area contributed by atoms with Gasteiger partial charge in [-0.05, 0) is 36.4 Å². The quantitative estimate of drug-likeness (QED) is 0.852. The van der Waals surface area contributed by atoms with Gasteiger partial charge in [-0.25, -0.2) is 0 Å². The number of nitrogens with one attached hydrogen (secondary N) is 1. The molecular formula is C16H18ClNO2. The van der Waals surface area contributed by atoms with E-state index in [4.69, 9.17) is 21.4 Å². The van der Waals surface area contributed by atoms with Gasteiger partial charge in [-0.2, -0.15) is 0 Å². The van der Waals surface area contributed by atoms with Crippen molar-refractivity contribution in [2.75, 3.05) is 6.54 Å². The van der Waals surface area contributed by atoms with E-state index < -0.39 is 0 Å². The van der Waals surface area contributed by atoms with Gasteiger partial charge in [0.1, 0.15) is 11.5 Å². The number of ether oxygens (including phenoxy) is 1. The van der Waals surface area contributed by atoms with Gasteiger partial charge in [-0.1, -0.05) is 36.7 Å². The molecule has 4 heteroatoms. The molecule has 2 aromatic carbocycles. The van der Waals surface area contributed by atoms with Gasteiger partial charge in [0.2, 0.25) is 0 Å². The molecule has 106 valence electrons. The van der Waals surface area contributed by atoms with Crippen LogP contribution in [0, 0.1) is 0 Å². The molecule has 0 radical (unpaired) electrons. The van der Waals surface area contributed by atoms with Crippen LogP contribution in [0.15, 0.2) is 42.5 Å². The van der Waals surface area contributed by atoms with E-state index in [0.717, 1.165) is 35.7 Å². The number of rotatable bonds is 6. The smallest absolute Gasteiger partial charge is 0.133 e. The van der Waals surface area contributed by atoms with Crippen LogP contribution in [0.2, 0.25) is 5.02 Å². The largest absolute Gasteiger partial charge is 0.457 e. The molecule has 2 rings (SSSR count). The second-order valence-electron chi connectivity index (χ2n) is 4.44. The Balaban J connectivity index is 2.19. The number of hydrogen-bond acceptors (Lipinski definition) is 3. The summed E-state index contributed by atoms with van der Waals surface area (Å²) in [4.78, 5) is 0. The maximum absolute atomic E-state index is 9.03. The Morgan fingerprint density at radius 2 is 1.90 bits per heavy atom. The maximum Gasteiger partial charge on any atom is 0.133 e. The van der Waals surface area contributed by atoms with Crippen molar-refractivity contribution in [1.29, 1.82) is 0 Å². The highest BCUT2D eigenvalue weighted by Gasteiger charge is 2.06. The van der Waals surface area contributed by atoms with E-state index in [1.165, 1.54) is 0 Å². The van der Waals surface area contributed by atoms with E-state index in [-0.39, 0.29) is 6.61 Å². The first-order chi connectivity index (χ1) is 9.72. The fourth-order valence-corrected chi connectivity index (χ4v) is 1.98. The molecule has 3 nitrogen and oxygen atoms in total. The standard InChI is InChI=1S/C16H18ClNO2/c1-2-18-10-13-5-6-14(17)9-16(13)20-15-7-3-12(11-19)4-8-15/h3-9,18-19H,2,10-11H2,1H3. The molecule has 2 aromatic rings. The second-order valence-corrected chi connectivity index (χ2v) is 4.87. The Morgan fingerprint density at radius 1 is 1.15 bits per heavy atom. The summed E-state index contributed by atoms with van der Waals surface area (Å²) in [5.41, 5.74) is 1.92. The monoisotopic (exact) mass is 291 g/mol. The lowest BCUT2D eigenvalue weighted by molar-refractivity contribution is 0.281. The molecule has 0 saturated heterocycles. The highest BCUT2D eigenvalue weighted by Crippen LogP contribution is 2.28. The summed E-state index contributed by atoms with van der Waals surface area (Å²) >= 11 is 6.03. The van der Waals surface area contributed by atoms with Crippen LogP contribution in [-0.2, 0) is 13.2 Å². The van der Waals surface area contributed by atoms with Gasteiger partial charge in [-0.3, -0.25) is 0 Å². The highest BCUT2D eigenvalue weighted by molar-refractivity contribution is 6.30. The molecule has 0 spiro atoms. The number of aliphatic hydroxyl groups is 1. The fraction of sp³-hybridized carbons (Fsp3) is 0.250. The van der Waals surface area contributed by atoms with Gasteiger partial charge >= 0.3 is 0 Å². The molecule has 2 N–H and O–H groups in total. The third-order valence-corrected chi connectivity index (χ3v) is 3.16. The van der Waals surface area contributed by atoms with Crippen LogP contribution in [0.1, 0.15) is 18.1 Å². The Kier molecular flexibility index (Phi) is 5.41. The summed E-state index contributed by atoms with van der Waals surface area (Å²) in [7, 11) is 0. The topological polar surface area (TPSA) is 41.5 Å². The number of halogens is 1. The minimum atomic E-state index is 0.0309. The summed E-state index contributed by atoms with van der Waals surface area (Å²) in [6.07, 6.45) is 0. The van der Waals surface area contributed by atoms with E-state index in [2.05, 4.69) is 12.2 Å². The Labute approximate surface area is 124 Å². The Hall–Kier alpha value is -1.55. The van der Waals surface area contributed by atoms with Gasteiger partial charge in [0.25, 0.3) is 0 Å². The van der Waals surface area contributed by atoms with Crippen molar-refractivity contribution in [3.05, 3.63) is 58.6 Å². The molecule has 0 atom stereocenters. The molecule has 0 heterocycles. The van der Waals surface area contributed by atoms with Crippen molar-refractivity contribution < 1.29 is 9.84 Å². The summed E-state index contributed by atoms with van der Waals surface area (Å²) in [6.45, 7) is 3.72. The molecule has 0 bridgehead atoms. The molecule has 0 aliphatic heterocycles. The lowest BCUT2D eigenvalue weighted by Gasteiger charge is -2.12. The van der Waals surface area contributed by atoms with Gasteiger partial charge in [0, 0.05) is 17.1 Å². The molecule has 0 saturated carbocycles. The van der Waals surface area contributed by atoms with Gasteiger partial charge < -0.3 is 15.2 Å². The normalized spacial score (nSPS) is 10.6. The summed E-state index contributed by atoms with van der Waals surface area (Å²) < 4.78 is 5.88. The van der Waals surface area contributed by atoms with Crippen LogP contribution in [0.25, 0.3) is 0 Å². The van der Waals surface area contributed by atoms with Crippen LogP contribution < -0.4 is 10.1 Å². The first-order valence-corrected chi connectivity index (χ1v) is 6.97. The van der Waals surface area contributed by atoms with Crippen molar-refractivity contribution >= 4 is 11.6 Å². The predicted molar refractivity (Wildman–Crippen MR) is 81.3 cm³/mol. The minimum Gasteiger partial charge on any atom is -0.457 e. The van der Waals surface area contributed by atoms with Crippen molar-refractivity contribution in [3.8, 4) is 11.5 Å². The number of benzene rings is 2. The Bertz CT molecular complexity index is 555. The molecule has 20 heavy (non-hydrogen) atoms. The van der Waals surface area contributed by atoms with Crippen molar-refractivity contribution in [2.45, 2.75) is 20.1 Å². The van der Waals surface area contributed by atoms with Gasteiger partial charge in [0.05, 0.1) is 6.61 Å². The molecule has 0 unspecified atom stereocenters. The average molecular weight is 292 g/mol. The summed E-state index contributed by atoms with van der Waals surface area (Å²) in [5, 5.41) is 12.9. The molecular weight excluding hydrogens is 274 g/mol. The van der Waals surface area contributed by atoms with Crippen molar-refractivity contribution in [2.24, 2.45) is 0 Å². The summed E-state index contributed by atoms with van der Waals surface area (Å²) in [6, 6.07) is 13.0. The Morgan fingerprint density at radius 3 is 2.55 bits per heavy atom. The second kappa shape index (κ2) is 7.29. The third-order valence-electron chi connectivity index (χ3n) is 2.93. The van der Waals surface area contributed by atoms with Crippen molar-refractivity contribution in [1.82, 2.24) is 5.32 Å². The zero-order valence-corrected chi connectivity index (χ0v) is 12.2. The minimum absolute atomic E-state index is 0.0309. The fourth-order valence-electron chi connectivity index (χ4n) is 1.82. The molecule has 0 aliphatic rings. The SMILES string of the molecule is CCNCc1ccc(Cl)cc1Oc1ccc(CO)cc1. The maximum atomic E-state index is 9.03. The lowest BCUT2D eigenvalue weighted by atomic mass is 10.2. The first-order valence-electron chi connectivity index (χ1n) is 6.59. The van der Waals surface area contributed by atoms with E-state index in [1.54, 1.807) is 0 Å². The van der Waals surface area contributed by atoms with Gasteiger partial charge in [0.15, 0.2) is 0 Å². The molecule has 0 aromatic heterocycles. The number of hydrogen-bond donors (Lipinski definition) is 2. The predicted octanol–water partition coefficient (Wildman–Crippen LogP) is 3.73. The zero-order valence-electron chi connectivity index (χ0n) is 11.4. The van der Waals surface area contributed by atoms with Crippen LogP contribution in [-0.4, -0.2) is 11.7 Å². The molecule has 0 amide bonds. The first kappa shape index (κ1) is 14.9. The third kappa shape index (κ3) is 3.97. The summed E-state index contributed by atoms with van der Waals surface area (Å²) in [5.74, 6) is 1.47. The van der Waals surface area contributed by atoms with E-state index in [9.17, 15) is 0 Å².